The molecule has 1 aliphatic rings. The maximum atomic E-state index is 13.1. The average Bonchev–Trinajstić information content (AvgIpc) is 2.73. The van der Waals surface area contributed by atoms with Crippen molar-refractivity contribution >= 4 is 33.2 Å². The van der Waals surface area contributed by atoms with Crippen LogP contribution in [0.5, 0.6) is 5.75 Å². The number of fused-ring (bicyclic) bond motifs is 1. The first-order chi connectivity index (χ1) is 15.0. The molecule has 0 bridgehead atoms. The van der Waals surface area contributed by atoms with Gasteiger partial charge in [-0.05, 0) is 43.2 Å². The van der Waals surface area contributed by atoms with Crippen molar-refractivity contribution in [2.45, 2.75) is 31.4 Å². The average molecular weight is 461 g/mol. The fourth-order valence-corrected chi connectivity index (χ4v) is 4.59. The van der Waals surface area contributed by atoms with E-state index >= 15 is 0 Å². The molecular weight excluding hydrogens is 432 g/mol. The summed E-state index contributed by atoms with van der Waals surface area (Å²) in [6.07, 6.45) is -0.726. The minimum atomic E-state index is -3.95. The Labute approximate surface area is 188 Å². The van der Waals surface area contributed by atoms with E-state index in [1.165, 1.54) is 13.1 Å². The van der Waals surface area contributed by atoms with E-state index in [4.69, 9.17) is 4.74 Å². The van der Waals surface area contributed by atoms with E-state index in [-0.39, 0.29) is 23.1 Å². The largest absolute Gasteiger partial charge is 0.479 e. The van der Waals surface area contributed by atoms with Crippen molar-refractivity contribution in [2.24, 2.45) is 0 Å². The number of hydrogen-bond acceptors (Lipinski definition) is 6. The lowest BCUT2D eigenvalue weighted by Gasteiger charge is -2.25. The normalized spacial score (nSPS) is 15.6. The Balaban J connectivity index is 1.67. The predicted molar refractivity (Wildman–Crippen MR) is 122 cm³/mol. The van der Waals surface area contributed by atoms with Crippen molar-refractivity contribution in [1.82, 2.24) is 9.62 Å². The van der Waals surface area contributed by atoms with Gasteiger partial charge in [0.15, 0.2) is 6.10 Å². The van der Waals surface area contributed by atoms with Crippen LogP contribution in [-0.2, 0) is 26.2 Å². The number of aryl methyl sites for hydroxylation is 1. The summed E-state index contributed by atoms with van der Waals surface area (Å²) in [5.74, 6) is -0.432. The zero-order chi connectivity index (χ0) is 23.6. The van der Waals surface area contributed by atoms with Crippen molar-refractivity contribution in [3.63, 3.8) is 0 Å². The molecule has 0 saturated heterocycles. The number of nitrogens with one attached hydrogen (secondary N) is 2. The van der Waals surface area contributed by atoms with Gasteiger partial charge >= 0.3 is 0 Å². The monoisotopic (exact) mass is 460 g/mol. The maximum Gasteiger partial charge on any atom is 0.265 e. The van der Waals surface area contributed by atoms with Gasteiger partial charge in [-0.1, -0.05) is 12.1 Å². The molecule has 32 heavy (non-hydrogen) atoms. The van der Waals surface area contributed by atoms with Crippen molar-refractivity contribution < 1.29 is 22.7 Å². The van der Waals surface area contributed by atoms with Gasteiger partial charge in [0.05, 0.1) is 17.1 Å². The summed E-state index contributed by atoms with van der Waals surface area (Å²) in [6, 6.07) is 10.6. The molecule has 2 aromatic carbocycles. The quantitative estimate of drug-likeness (QED) is 0.651. The van der Waals surface area contributed by atoms with Crippen LogP contribution in [0.3, 0.4) is 0 Å². The Bertz CT molecular complexity index is 1130. The summed E-state index contributed by atoms with van der Waals surface area (Å²) in [6.45, 7) is 3.17. The smallest absolute Gasteiger partial charge is 0.265 e. The highest BCUT2D eigenvalue weighted by molar-refractivity contribution is 7.89. The van der Waals surface area contributed by atoms with E-state index in [1.807, 2.05) is 43.3 Å². The van der Waals surface area contributed by atoms with Crippen LogP contribution in [0.15, 0.2) is 41.3 Å². The third-order valence-electron chi connectivity index (χ3n) is 5.20. The number of anilines is 2. The summed E-state index contributed by atoms with van der Waals surface area (Å²) in [7, 11) is 1.29. The minimum Gasteiger partial charge on any atom is -0.479 e. The standard InChI is InChI=1S/C22H28N4O5S/c1-14-10-18-19(31-15(2)22(28)24-18)11-20(14)32(29,30)26(5)13-21(27)23-12-16-6-8-17(9-7-16)25(3)4/h6-11,15H,12-13H2,1-5H3,(H,23,27)(H,24,28)/t15-/m1/s1. The van der Waals surface area contributed by atoms with Crippen molar-refractivity contribution in [2.75, 3.05) is 37.9 Å². The van der Waals surface area contributed by atoms with Crippen LogP contribution < -0.4 is 20.3 Å². The van der Waals surface area contributed by atoms with Gasteiger partial charge in [-0.2, -0.15) is 4.31 Å². The molecule has 0 unspecified atom stereocenters. The van der Waals surface area contributed by atoms with Crippen molar-refractivity contribution in [1.29, 1.82) is 0 Å². The summed E-state index contributed by atoms with van der Waals surface area (Å²) in [5.41, 5.74) is 2.82. The fraction of sp³-hybridized carbons (Fsp3) is 0.364. The van der Waals surface area contributed by atoms with Crippen LogP contribution in [0.25, 0.3) is 0 Å². The number of likely N-dealkylation sites (N-methyl/N-ethyl adjacent to an activating group) is 1. The molecule has 0 aromatic heterocycles. The molecule has 1 heterocycles. The van der Waals surface area contributed by atoms with Crippen LogP contribution >= 0.6 is 0 Å². The number of sulfonamides is 1. The fourth-order valence-electron chi connectivity index (χ4n) is 3.24. The van der Waals surface area contributed by atoms with Gasteiger partial charge in [0.1, 0.15) is 5.75 Å². The Kier molecular flexibility index (Phi) is 6.75. The van der Waals surface area contributed by atoms with E-state index in [1.54, 1.807) is 19.9 Å². The first-order valence-electron chi connectivity index (χ1n) is 10.1. The lowest BCUT2D eigenvalue weighted by Crippen LogP contribution is -2.38. The molecule has 3 rings (SSSR count). The molecule has 9 nitrogen and oxygen atoms in total. The SMILES string of the molecule is Cc1cc2c(cc1S(=O)(=O)N(C)CC(=O)NCc1ccc(N(C)C)cc1)O[C@H](C)C(=O)N2. The topological polar surface area (TPSA) is 108 Å². The molecule has 10 heteroatoms. The van der Waals surface area contributed by atoms with E-state index in [2.05, 4.69) is 10.6 Å². The van der Waals surface area contributed by atoms with Gasteiger partial charge in [-0.15, -0.1) is 0 Å². The highest BCUT2D eigenvalue weighted by atomic mass is 32.2. The Hall–Kier alpha value is -3.11. The Morgan fingerprint density at radius 2 is 1.81 bits per heavy atom. The van der Waals surface area contributed by atoms with E-state index in [0.29, 0.717) is 17.8 Å². The van der Waals surface area contributed by atoms with Gasteiger partial charge < -0.3 is 20.3 Å². The second-order valence-electron chi connectivity index (χ2n) is 7.96. The van der Waals surface area contributed by atoms with Crippen LogP contribution in [0, 0.1) is 6.92 Å². The number of hydrogen-bond donors (Lipinski definition) is 2. The van der Waals surface area contributed by atoms with Crippen LogP contribution in [0.1, 0.15) is 18.1 Å². The number of benzene rings is 2. The molecule has 0 spiro atoms. The summed E-state index contributed by atoms with van der Waals surface area (Å²) in [5, 5.41) is 5.44. The lowest BCUT2D eigenvalue weighted by molar-refractivity contribution is -0.123. The van der Waals surface area contributed by atoms with Crippen LogP contribution in [-0.4, -0.2) is 58.3 Å². The first kappa shape index (κ1) is 23.6. The molecule has 0 aliphatic carbocycles. The third kappa shape index (κ3) is 5.03. The summed E-state index contributed by atoms with van der Waals surface area (Å²) in [4.78, 5) is 26.2. The van der Waals surface area contributed by atoms with Crippen LogP contribution in [0.2, 0.25) is 0 Å². The van der Waals surface area contributed by atoms with Crippen LogP contribution in [0.4, 0.5) is 11.4 Å². The van der Waals surface area contributed by atoms with Gasteiger partial charge in [-0.3, -0.25) is 9.59 Å². The second-order valence-corrected chi connectivity index (χ2v) is 9.98. The van der Waals surface area contributed by atoms with E-state index in [9.17, 15) is 18.0 Å². The number of nitrogens with zero attached hydrogens (tertiary/aromatic N) is 2. The second kappa shape index (κ2) is 9.17. The van der Waals surface area contributed by atoms with E-state index in [0.717, 1.165) is 15.6 Å². The molecule has 0 saturated carbocycles. The molecule has 1 atom stereocenters. The van der Waals surface area contributed by atoms with Gasteiger partial charge in [-0.25, -0.2) is 8.42 Å². The summed E-state index contributed by atoms with van der Waals surface area (Å²) >= 11 is 0. The Morgan fingerprint density at radius 1 is 1.16 bits per heavy atom. The molecule has 0 radical (unpaired) electrons. The third-order valence-corrected chi connectivity index (χ3v) is 7.15. The zero-order valence-electron chi connectivity index (χ0n) is 18.8. The van der Waals surface area contributed by atoms with Gasteiger partial charge in [0.25, 0.3) is 5.91 Å². The molecular formula is C22H28N4O5S. The maximum absolute atomic E-state index is 13.1. The molecule has 2 N–H and O–H groups in total. The molecule has 1 aliphatic heterocycles. The molecule has 0 fully saturated rings. The molecule has 2 amide bonds. The predicted octanol–water partition coefficient (Wildman–Crippen LogP) is 1.72. The highest BCUT2D eigenvalue weighted by Crippen LogP contribution is 2.35. The molecule has 2 aromatic rings. The number of carbonyl (C=O) groups is 2. The lowest BCUT2D eigenvalue weighted by atomic mass is 10.1. The number of carbonyl (C=O) groups excluding carboxylic acids is 2. The number of amides is 2. The van der Waals surface area contributed by atoms with E-state index < -0.39 is 22.0 Å². The number of ether oxygens (including phenoxy) is 1. The Morgan fingerprint density at radius 3 is 2.44 bits per heavy atom. The summed E-state index contributed by atoms with van der Waals surface area (Å²) < 4.78 is 32.7. The van der Waals surface area contributed by atoms with Gasteiger partial charge in [0.2, 0.25) is 15.9 Å². The highest BCUT2D eigenvalue weighted by Gasteiger charge is 2.30. The minimum absolute atomic E-state index is 0.0224. The molecule has 172 valence electrons. The number of rotatable bonds is 7. The van der Waals surface area contributed by atoms with Crippen molar-refractivity contribution in [3.05, 3.63) is 47.5 Å². The first-order valence-corrected chi connectivity index (χ1v) is 11.5. The van der Waals surface area contributed by atoms with Gasteiger partial charge in [0, 0.05) is 39.4 Å². The van der Waals surface area contributed by atoms with Crippen molar-refractivity contribution in [3.8, 4) is 5.75 Å². The zero-order valence-corrected chi connectivity index (χ0v) is 19.6.